The molecule has 5 nitrogen and oxygen atoms in total. The Kier molecular flexibility index (Phi) is 4.80. The van der Waals surface area contributed by atoms with Gasteiger partial charge in [0.1, 0.15) is 0 Å². The van der Waals surface area contributed by atoms with Gasteiger partial charge >= 0.3 is 5.97 Å². The van der Waals surface area contributed by atoms with E-state index in [-0.39, 0.29) is 25.4 Å². The lowest BCUT2D eigenvalue weighted by Crippen LogP contribution is -2.39. The number of hydrogen-bond donors (Lipinski definition) is 2. The molecule has 1 fully saturated rings. The number of rotatable bonds is 7. The second-order valence-electron chi connectivity index (χ2n) is 3.83. The molecule has 1 rings (SSSR count). The minimum atomic E-state index is -0.838. The normalized spacial score (nSPS) is 14.5. The second kappa shape index (κ2) is 6.13. The van der Waals surface area contributed by atoms with Gasteiger partial charge in [-0.15, -0.1) is 6.42 Å². The number of nitrogens with one attached hydrogen (secondary N) is 1. The van der Waals surface area contributed by atoms with Gasteiger partial charge in [-0.3, -0.25) is 14.5 Å². The molecule has 1 amide bonds. The van der Waals surface area contributed by atoms with E-state index in [1.807, 2.05) is 4.90 Å². The highest BCUT2D eigenvalue weighted by atomic mass is 16.4. The van der Waals surface area contributed by atoms with E-state index < -0.39 is 5.97 Å². The van der Waals surface area contributed by atoms with Crippen LogP contribution in [0.5, 0.6) is 0 Å². The summed E-state index contributed by atoms with van der Waals surface area (Å²) < 4.78 is 0. The first-order valence-electron chi connectivity index (χ1n) is 5.29. The van der Waals surface area contributed by atoms with E-state index in [0.29, 0.717) is 12.6 Å². The van der Waals surface area contributed by atoms with Gasteiger partial charge in [-0.2, -0.15) is 0 Å². The summed E-state index contributed by atoms with van der Waals surface area (Å²) in [6.07, 6.45) is 7.18. The number of carbonyl (C=O) groups excluding carboxylic acids is 1. The number of carboxylic acid groups (broad SMARTS) is 1. The largest absolute Gasteiger partial charge is 0.481 e. The van der Waals surface area contributed by atoms with E-state index in [9.17, 15) is 9.59 Å². The van der Waals surface area contributed by atoms with E-state index in [2.05, 4.69) is 11.2 Å². The molecule has 0 atom stereocenters. The van der Waals surface area contributed by atoms with Gasteiger partial charge in [0.2, 0.25) is 5.91 Å². The van der Waals surface area contributed by atoms with Crippen molar-refractivity contribution in [3.8, 4) is 12.3 Å². The predicted molar refractivity (Wildman–Crippen MR) is 58.7 cm³/mol. The minimum Gasteiger partial charge on any atom is -0.481 e. The highest BCUT2D eigenvalue weighted by Gasteiger charge is 2.30. The monoisotopic (exact) mass is 224 g/mol. The molecule has 2 N–H and O–H groups in total. The quantitative estimate of drug-likeness (QED) is 0.581. The third-order valence-corrected chi connectivity index (χ3v) is 2.41. The fourth-order valence-electron chi connectivity index (χ4n) is 1.46. The molecule has 0 aromatic rings. The van der Waals surface area contributed by atoms with Crippen LogP contribution in [0.15, 0.2) is 0 Å². The van der Waals surface area contributed by atoms with Crippen molar-refractivity contribution >= 4 is 11.9 Å². The summed E-state index contributed by atoms with van der Waals surface area (Å²) in [6.45, 7) is 0.874. The number of nitrogens with zero attached hydrogens (tertiary/aromatic N) is 1. The fraction of sp³-hybridized carbons (Fsp3) is 0.636. The van der Waals surface area contributed by atoms with Crippen LogP contribution in [0.4, 0.5) is 0 Å². The minimum absolute atomic E-state index is 0.0684. The van der Waals surface area contributed by atoms with Crippen molar-refractivity contribution in [1.29, 1.82) is 0 Å². The summed E-state index contributed by atoms with van der Waals surface area (Å²) >= 11 is 0. The molecule has 5 heteroatoms. The maximum absolute atomic E-state index is 11.4. The molecule has 0 unspecified atom stereocenters. The van der Waals surface area contributed by atoms with Crippen LogP contribution in [0, 0.1) is 12.3 Å². The number of aliphatic carboxylic acids is 1. The molecule has 0 heterocycles. The topological polar surface area (TPSA) is 69.6 Å². The molecular weight excluding hydrogens is 208 g/mol. The van der Waals surface area contributed by atoms with Crippen molar-refractivity contribution in [2.75, 3.05) is 19.6 Å². The molecular formula is C11H16N2O3. The SMILES string of the molecule is C#CCNC(=O)CN(CCC(=O)O)C1CC1. The molecule has 0 aliphatic heterocycles. The van der Waals surface area contributed by atoms with Crippen LogP contribution in [0.25, 0.3) is 0 Å². The highest BCUT2D eigenvalue weighted by Crippen LogP contribution is 2.26. The van der Waals surface area contributed by atoms with Gasteiger partial charge < -0.3 is 10.4 Å². The van der Waals surface area contributed by atoms with E-state index in [1.54, 1.807) is 0 Å². The third kappa shape index (κ3) is 4.80. The molecule has 1 aliphatic carbocycles. The molecule has 0 saturated heterocycles. The van der Waals surface area contributed by atoms with Gasteiger partial charge in [0, 0.05) is 12.6 Å². The summed E-state index contributed by atoms with van der Waals surface area (Å²) in [4.78, 5) is 23.7. The Morgan fingerprint density at radius 3 is 2.69 bits per heavy atom. The van der Waals surface area contributed by atoms with Crippen molar-refractivity contribution in [3.05, 3.63) is 0 Å². The van der Waals surface area contributed by atoms with Crippen molar-refractivity contribution in [1.82, 2.24) is 10.2 Å². The van der Waals surface area contributed by atoms with Crippen molar-refractivity contribution < 1.29 is 14.7 Å². The average molecular weight is 224 g/mol. The molecule has 88 valence electrons. The predicted octanol–water partition coefficient (Wildman–Crippen LogP) is -0.325. The van der Waals surface area contributed by atoms with Gasteiger partial charge in [-0.05, 0) is 12.8 Å². The maximum Gasteiger partial charge on any atom is 0.304 e. The average Bonchev–Trinajstić information content (AvgIpc) is 3.04. The third-order valence-electron chi connectivity index (χ3n) is 2.41. The molecule has 0 aromatic heterocycles. The van der Waals surface area contributed by atoms with Gasteiger partial charge in [0.25, 0.3) is 0 Å². The zero-order valence-electron chi connectivity index (χ0n) is 9.11. The first kappa shape index (κ1) is 12.5. The first-order valence-corrected chi connectivity index (χ1v) is 5.29. The molecule has 0 spiro atoms. The lowest BCUT2D eigenvalue weighted by molar-refractivity contribution is -0.137. The summed E-state index contributed by atoms with van der Waals surface area (Å²) in [7, 11) is 0. The number of carbonyl (C=O) groups is 2. The Labute approximate surface area is 94.8 Å². The Morgan fingerprint density at radius 1 is 1.50 bits per heavy atom. The smallest absolute Gasteiger partial charge is 0.304 e. The van der Waals surface area contributed by atoms with Gasteiger partial charge in [0.15, 0.2) is 0 Å². The van der Waals surface area contributed by atoms with Crippen LogP contribution >= 0.6 is 0 Å². The second-order valence-corrected chi connectivity index (χ2v) is 3.83. The van der Waals surface area contributed by atoms with Crippen molar-refractivity contribution in [2.24, 2.45) is 0 Å². The Bertz CT molecular complexity index is 305. The van der Waals surface area contributed by atoms with Crippen LogP contribution in [-0.4, -0.2) is 47.6 Å². The van der Waals surface area contributed by atoms with Gasteiger partial charge in [-0.1, -0.05) is 5.92 Å². The molecule has 1 saturated carbocycles. The molecule has 0 aromatic carbocycles. The number of carboxylic acids is 1. The fourth-order valence-corrected chi connectivity index (χ4v) is 1.46. The Hall–Kier alpha value is -1.54. The summed E-state index contributed by atoms with van der Waals surface area (Å²) in [5, 5.41) is 11.2. The van der Waals surface area contributed by atoms with E-state index in [0.717, 1.165) is 12.8 Å². The van der Waals surface area contributed by atoms with Gasteiger partial charge in [-0.25, -0.2) is 0 Å². The zero-order valence-corrected chi connectivity index (χ0v) is 9.11. The molecule has 16 heavy (non-hydrogen) atoms. The van der Waals surface area contributed by atoms with Crippen LogP contribution in [-0.2, 0) is 9.59 Å². The summed E-state index contributed by atoms with van der Waals surface area (Å²) in [5.74, 6) is 1.34. The lowest BCUT2D eigenvalue weighted by atomic mass is 10.3. The number of terminal acetylenes is 1. The molecule has 0 bridgehead atoms. The maximum atomic E-state index is 11.4. The van der Waals surface area contributed by atoms with Crippen LogP contribution < -0.4 is 5.32 Å². The van der Waals surface area contributed by atoms with E-state index in [1.165, 1.54) is 0 Å². The highest BCUT2D eigenvalue weighted by molar-refractivity contribution is 5.78. The summed E-state index contributed by atoms with van der Waals surface area (Å²) in [6, 6.07) is 0.371. The zero-order chi connectivity index (χ0) is 12.0. The molecule has 1 aliphatic rings. The Balaban J connectivity index is 2.30. The van der Waals surface area contributed by atoms with Gasteiger partial charge in [0.05, 0.1) is 19.5 Å². The van der Waals surface area contributed by atoms with Crippen molar-refractivity contribution in [2.45, 2.75) is 25.3 Å². The summed E-state index contributed by atoms with van der Waals surface area (Å²) in [5.41, 5.74) is 0. The first-order chi connectivity index (χ1) is 7.63. The standard InChI is InChI=1S/C11H16N2O3/c1-2-6-12-10(14)8-13(9-3-4-9)7-5-11(15)16/h1,9H,3-8H2,(H,12,14)(H,15,16). The van der Waals surface area contributed by atoms with Crippen molar-refractivity contribution in [3.63, 3.8) is 0 Å². The van der Waals surface area contributed by atoms with Crippen LogP contribution in [0.3, 0.4) is 0 Å². The number of amides is 1. The van der Waals surface area contributed by atoms with Crippen LogP contribution in [0.1, 0.15) is 19.3 Å². The Morgan fingerprint density at radius 2 is 2.19 bits per heavy atom. The van der Waals surface area contributed by atoms with Crippen LogP contribution in [0.2, 0.25) is 0 Å². The number of hydrogen-bond acceptors (Lipinski definition) is 3. The van der Waals surface area contributed by atoms with E-state index in [4.69, 9.17) is 11.5 Å². The molecule has 0 radical (unpaired) electrons. The lowest BCUT2D eigenvalue weighted by Gasteiger charge is -2.19. The van der Waals surface area contributed by atoms with E-state index >= 15 is 0 Å².